The van der Waals surface area contributed by atoms with Crippen LogP contribution in [0.1, 0.15) is 13.3 Å². The Balaban J connectivity index is 2.11. The molecule has 72 valence electrons. The summed E-state index contributed by atoms with van der Waals surface area (Å²) in [4.78, 5) is 2.35. The zero-order valence-corrected chi connectivity index (χ0v) is 8.18. The quantitative estimate of drug-likeness (QED) is 0.661. The molecule has 1 heterocycles. The summed E-state index contributed by atoms with van der Waals surface area (Å²) < 4.78 is 5.37. The van der Waals surface area contributed by atoms with E-state index in [0.29, 0.717) is 6.04 Å². The highest BCUT2D eigenvalue weighted by Gasteiger charge is 2.13. The van der Waals surface area contributed by atoms with Crippen LogP contribution in [0.25, 0.3) is 0 Å². The number of rotatable bonds is 4. The zero-order chi connectivity index (χ0) is 8.81. The lowest BCUT2D eigenvalue weighted by atomic mass is 10.2. The number of likely N-dealkylation sites (N-methyl/N-ethyl adjacent to an activating group) is 1. The van der Waals surface area contributed by atoms with E-state index >= 15 is 0 Å². The largest absolute Gasteiger partial charge is 0.378 e. The Morgan fingerprint density at radius 2 is 2.42 bits per heavy atom. The van der Waals surface area contributed by atoms with Gasteiger partial charge < -0.3 is 15.0 Å². The van der Waals surface area contributed by atoms with Crippen LogP contribution in [0.3, 0.4) is 0 Å². The Hall–Kier alpha value is -0.120. The van der Waals surface area contributed by atoms with Crippen molar-refractivity contribution >= 4 is 0 Å². The Morgan fingerprint density at radius 1 is 1.58 bits per heavy atom. The molecule has 1 unspecified atom stereocenters. The Kier molecular flexibility index (Phi) is 4.58. The van der Waals surface area contributed by atoms with Crippen molar-refractivity contribution in [1.29, 1.82) is 0 Å². The summed E-state index contributed by atoms with van der Waals surface area (Å²) in [5.41, 5.74) is 0. The molecule has 3 nitrogen and oxygen atoms in total. The average Bonchev–Trinajstić information content (AvgIpc) is 2.06. The van der Waals surface area contributed by atoms with Gasteiger partial charge in [-0.3, -0.25) is 0 Å². The van der Waals surface area contributed by atoms with E-state index in [0.717, 1.165) is 26.3 Å². The highest BCUT2D eigenvalue weighted by molar-refractivity contribution is 4.72. The van der Waals surface area contributed by atoms with Gasteiger partial charge in [0, 0.05) is 19.1 Å². The van der Waals surface area contributed by atoms with Gasteiger partial charge in [0.2, 0.25) is 0 Å². The van der Waals surface area contributed by atoms with E-state index in [1.54, 1.807) is 0 Å². The number of hydrogen-bond acceptors (Lipinski definition) is 3. The lowest BCUT2D eigenvalue weighted by Gasteiger charge is -2.27. The second-order valence-corrected chi connectivity index (χ2v) is 3.49. The van der Waals surface area contributed by atoms with Crippen LogP contribution in [0.2, 0.25) is 0 Å². The Bertz CT molecular complexity index is 113. The first-order chi connectivity index (χ1) is 5.83. The summed E-state index contributed by atoms with van der Waals surface area (Å²) in [6, 6.07) is 0.537. The van der Waals surface area contributed by atoms with Gasteiger partial charge in [-0.15, -0.1) is 0 Å². The van der Waals surface area contributed by atoms with Crippen molar-refractivity contribution in [3.8, 4) is 0 Å². The molecule has 0 aromatic rings. The van der Waals surface area contributed by atoms with Crippen LogP contribution >= 0.6 is 0 Å². The third-order valence-corrected chi connectivity index (χ3v) is 2.14. The summed E-state index contributed by atoms with van der Waals surface area (Å²) >= 11 is 0. The fourth-order valence-corrected chi connectivity index (χ4v) is 1.59. The second-order valence-electron chi connectivity index (χ2n) is 3.49. The maximum atomic E-state index is 5.37. The Morgan fingerprint density at radius 3 is 3.00 bits per heavy atom. The molecule has 1 saturated heterocycles. The van der Waals surface area contributed by atoms with Crippen molar-refractivity contribution in [2.75, 3.05) is 39.9 Å². The summed E-state index contributed by atoms with van der Waals surface area (Å²) in [7, 11) is 2.17. The highest BCUT2D eigenvalue weighted by atomic mass is 16.5. The van der Waals surface area contributed by atoms with Crippen LogP contribution in [0.15, 0.2) is 0 Å². The third-order valence-electron chi connectivity index (χ3n) is 2.14. The number of nitrogens with zero attached hydrogens (tertiary/aromatic N) is 1. The molecule has 1 N–H and O–H groups in total. The number of nitrogens with one attached hydrogen (secondary N) is 1. The van der Waals surface area contributed by atoms with Crippen LogP contribution < -0.4 is 5.32 Å². The van der Waals surface area contributed by atoms with Gasteiger partial charge in [0.1, 0.15) is 0 Å². The molecule has 0 saturated carbocycles. The molecule has 1 aliphatic heterocycles. The summed E-state index contributed by atoms with van der Waals surface area (Å²) in [5, 5.41) is 3.44. The van der Waals surface area contributed by atoms with Crippen LogP contribution in [-0.2, 0) is 4.74 Å². The van der Waals surface area contributed by atoms with E-state index in [1.807, 2.05) is 0 Å². The van der Waals surface area contributed by atoms with E-state index in [-0.39, 0.29) is 0 Å². The van der Waals surface area contributed by atoms with E-state index < -0.39 is 0 Å². The van der Waals surface area contributed by atoms with E-state index in [1.165, 1.54) is 13.0 Å². The highest BCUT2D eigenvalue weighted by Crippen LogP contribution is 1.96. The van der Waals surface area contributed by atoms with Crippen LogP contribution in [-0.4, -0.2) is 50.8 Å². The van der Waals surface area contributed by atoms with Crippen molar-refractivity contribution in [2.45, 2.75) is 19.4 Å². The molecule has 0 spiro atoms. The predicted molar refractivity (Wildman–Crippen MR) is 50.4 cm³/mol. The monoisotopic (exact) mass is 172 g/mol. The predicted octanol–water partition coefficient (Wildman–Crippen LogP) is 0.317. The normalized spacial score (nSPS) is 24.8. The minimum absolute atomic E-state index is 0.537. The van der Waals surface area contributed by atoms with Crippen molar-refractivity contribution in [3.05, 3.63) is 0 Å². The first-order valence-electron chi connectivity index (χ1n) is 4.82. The van der Waals surface area contributed by atoms with Crippen molar-refractivity contribution in [2.24, 2.45) is 0 Å². The van der Waals surface area contributed by atoms with Crippen molar-refractivity contribution in [1.82, 2.24) is 10.2 Å². The SMILES string of the molecule is CCCN(C)CC1COCCN1. The molecule has 0 radical (unpaired) electrons. The number of morpholine rings is 1. The average molecular weight is 172 g/mol. The fourth-order valence-electron chi connectivity index (χ4n) is 1.59. The van der Waals surface area contributed by atoms with Gasteiger partial charge in [0.05, 0.1) is 13.2 Å². The lowest BCUT2D eigenvalue weighted by Crippen LogP contribution is -2.47. The van der Waals surface area contributed by atoms with Crippen LogP contribution in [0.4, 0.5) is 0 Å². The molecule has 1 rings (SSSR count). The maximum absolute atomic E-state index is 5.37. The van der Waals surface area contributed by atoms with Gasteiger partial charge in [-0.1, -0.05) is 6.92 Å². The molecular formula is C9H20N2O. The molecule has 0 aromatic carbocycles. The standard InChI is InChI=1S/C9H20N2O/c1-3-5-11(2)7-9-8-12-6-4-10-9/h9-10H,3-8H2,1-2H3. The molecule has 3 heteroatoms. The van der Waals surface area contributed by atoms with E-state index in [2.05, 4.69) is 24.2 Å². The van der Waals surface area contributed by atoms with Gasteiger partial charge in [-0.05, 0) is 20.0 Å². The first kappa shape index (κ1) is 9.96. The number of ether oxygens (including phenoxy) is 1. The van der Waals surface area contributed by atoms with Gasteiger partial charge in [-0.2, -0.15) is 0 Å². The van der Waals surface area contributed by atoms with Gasteiger partial charge in [-0.25, -0.2) is 0 Å². The number of hydrogen-bond donors (Lipinski definition) is 1. The summed E-state index contributed by atoms with van der Waals surface area (Å²) in [5.74, 6) is 0. The van der Waals surface area contributed by atoms with E-state index in [4.69, 9.17) is 4.74 Å². The zero-order valence-electron chi connectivity index (χ0n) is 8.18. The molecule has 1 atom stereocenters. The minimum atomic E-state index is 0.537. The Labute approximate surface area is 75.1 Å². The van der Waals surface area contributed by atoms with Gasteiger partial charge in [0.25, 0.3) is 0 Å². The molecule has 1 aliphatic rings. The van der Waals surface area contributed by atoms with Gasteiger partial charge >= 0.3 is 0 Å². The summed E-state index contributed by atoms with van der Waals surface area (Å²) in [6.45, 7) is 7.24. The molecular weight excluding hydrogens is 152 g/mol. The molecule has 1 fully saturated rings. The molecule has 0 bridgehead atoms. The molecule has 12 heavy (non-hydrogen) atoms. The van der Waals surface area contributed by atoms with Crippen LogP contribution in [0, 0.1) is 0 Å². The maximum Gasteiger partial charge on any atom is 0.0632 e. The smallest absolute Gasteiger partial charge is 0.0632 e. The lowest BCUT2D eigenvalue weighted by molar-refractivity contribution is 0.0653. The van der Waals surface area contributed by atoms with Crippen molar-refractivity contribution < 1.29 is 4.74 Å². The van der Waals surface area contributed by atoms with Crippen molar-refractivity contribution in [3.63, 3.8) is 0 Å². The van der Waals surface area contributed by atoms with E-state index in [9.17, 15) is 0 Å². The summed E-state index contributed by atoms with van der Waals surface area (Å²) in [6.07, 6.45) is 1.23. The first-order valence-corrected chi connectivity index (χ1v) is 4.82. The topological polar surface area (TPSA) is 24.5 Å². The van der Waals surface area contributed by atoms with Gasteiger partial charge in [0.15, 0.2) is 0 Å². The fraction of sp³-hybridized carbons (Fsp3) is 1.00. The molecule has 0 aromatic heterocycles. The third kappa shape index (κ3) is 3.52. The molecule has 0 aliphatic carbocycles. The second kappa shape index (κ2) is 5.51. The molecule has 0 amide bonds. The minimum Gasteiger partial charge on any atom is -0.378 e. The van der Waals surface area contributed by atoms with Crippen LogP contribution in [0.5, 0.6) is 0 Å².